The maximum absolute atomic E-state index is 12.8. The van der Waals surface area contributed by atoms with Crippen LogP contribution in [0.1, 0.15) is 16.7 Å². The van der Waals surface area contributed by atoms with Gasteiger partial charge in [0.2, 0.25) is 0 Å². The summed E-state index contributed by atoms with van der Waals surface area (Å²) >= 11 is 16.0. The van der Waals surface area contributed by atoms with E-state index in [1.807, 2.05) is 0 Å². The molecule has 0 aliphatic carbocycles. The maximum atomic E-state index is 12.8. The number of hydrogen-bond donors (Lipinski definition) is 2. The Balaban J connectivity index is 2.06. The Labute approximate surface area is 165 Å². The van der Waals surface area contributed by atoms with Crippen molar-refractivity contribution in [2.24, 2.45) is 0 Å². The van der Waals surface area contributed by atoms with Crippen LogP contribution >= 0.6 is 35.4 Å². The van der Waals surface area contributed by atoms with Gasteiger partial charge in [0.25, 0.3) is 0 Å². The largest absolute Gasteiger partial charge is 0.417 e. The van der Waals surface area contributed by atoms with Crippen molar-refractivity contribution in [3.63, 3.8) is 0 Å². The second-order valence-electron chi connectivity index (χ2n) is 5.31. The minimum absolute atomic E-state index is 0.0244. The van der Waals surface area contributed by atoms with Gasteiger partial charge in [0.15, 0.2) is 5.11 Å². The van der Waals surface area contributed by atoms with Crippen molar-refractivity contribution in [1.82, 2.24) is 5.32 Å². The van der Waals surface area contributed by atoms with Gasteiger partial charge in [-0.05, 0) is 48.1 Å². The van der Waals surface area contributed by atoms with Crippen molar-refractivity contribution in [2.75, 3.05) is 5.32 Å². The highest BCUT2D eigenvalue weighted by atomic mass is 35.5. The van der Waals surface area contributed by atoms with Crippen LogP contribution in [-0.4, -0.2) is 5.11 Å². The Morgan fingerprint density at radius 3 is 1.93 bits per heavy atom. The molecule has 0 radical (unpaired) electrons. The van der Waals surface area contributed by atoms with E-state index in [0.29, 0.717) is 0 Å². The molecule has 0 saturated heterocycles. The molecule has 11 heteroatoms. The average molecular weight is 447 g/mol. The van der Waals surface area contributed by atoms with Gasteiger partial charge < -0.3 is 10.6 Å². The zero-order chi connectivity index (χ0) is 20.4. The maximum Gasteiger partial charge on any atom is 0.417 e. The van der Waals surface area contributed by atoms with Crippen LogP contribution < -0.4 is 10.6 Å². The lowest BCUT2D eigenvalue weighted by Gasteiger charge is -2.15. The molecule has 0 saturated carbocycles. The van der Waals surface area contributed by atoms with E-state index in [4.69, 9.17) is 35.4 Å². The van der Waals surface area contributed by atoms with Gasteiger partial charge in [-0.25, -0.2) is 0 Å². The molecule has 2 rings (SSSR count). The van der Waals surface area contributed by atoms with E-state index in [9.17, 15) is 26.3 Å². The van der Waals surface area contributed by atoms with Gasteiger partial charge in [-0.3, -0.25) is 0 Å². The molecular formula is C16H10Cl2F6N2S. The minimum Gasteiger partial charge on any atom is -0.358 e. The van der Waals surface area contributed by atoms with Gasteiger partial charge in [-0.2, -0.15) is 26.3 Å². The standard InChI is InChI=1S/C16H10Cl2F6N2S/c17-12-3-1-8(5-10(12)15(19,20)21)7-25-14(27)26-9-2-4-13(18)11(6-9)16(22,23)24/h1-6H,7H2,(H2,25,26,27). The van der Waals surface area contributed by atoms with E-state index in [-0.39, 0.29) is 22.9 Å². The Morgan fingerprint density at radius 1 is 0.852 bits per heavy atom. The summed E-state index contributed by atoms with van der Waals surface area (Å²) in [5.41, 5.74) is -1.77. The molecule has 2 nitrogen and oxygen atoms in total. The second kappa shape index (κ2) is 8.12. The summed E-state index contributed by atoms with van der Waals surface area (Å²) < 4.78 is 77.0. The van der Waals surface area contributed by atoms with Gasteiger partial charge in [0.05, 0.1) is 21.2 Å². The van der Waals surface area contributed by atoms with Crippen LogP contribution in [0.3, 0.4) is 0 Å². The molecule has 2 aromatic carbocycles. The summed E-state index contributed by atoms with van der Waals surface area (Å²) in [6.45, 7) is -0.0915. The molecule has 0 spiro atoms. The summed E-state index contributed by atoms with van der Waals surface area (Å²) in [4.78, 5) is 0. The first-order valence-electron chi connectivity index (χ1n) is 7.15. The molecule has 0 bridgehead atoms. The van der Waals surface area contributed by atoms with Crippen LogP contribution in [-0.2, 0) is 18.9 Å². The quantitative estimate of drug-likeness (QED) is 0.414. The number of nitrogens with one attached hydrogen (secondary N) is 2. The van der Waals surface area contributed by atoms with Gasteiger partial charge in [0, 0.05) is 12.2 Å². The van der Waals surface area contributed by atoms with Crippen LogP contribution in [0.25, 0.3) is 0 Å². The minimum atomic E-state index is -4.64. The molecule has 0 aromatic heterocycles. The molecule has 2 aromatic rings. The number of hydrogen-bond acceptors (Lipinski definition) is 1. The molecule has 2 N–H and O–H groups in total. The van der Waals surface area contributed by atoms with Crippen LogP contribution in [0.5, 0.6) is 0 Å². The Bertz CT molecular complexity index is 852. The lowest BCUT2D eigenvalue weighted by atomic mass is 10.1. The SMILES string of the molecule is FC(F)(F)c1cc(CNC(=S)Nc2ccc(Cl)c(C(F)(F)F)c2)ccc1Cl. The first kappa shape index (κ1) is 21.6. The zero-order valence-corrected chi connectivity index (χ0v) is 15.4. The third kappa shape index (κ3) is 5.88. The summed E-state index contributed by atoms with van der Waals surface area (Å²) in [6.07, 6.45) is -9.25. The van der Waals surface area contributed by atoms with Crippen molar-refractivity contribution >= 4 is 46.2 Å². The Hall–Kier alpha value is -1.71. The highest BCUT2D eigenvalue weighted by Gasteiger charge is 2.34. The molecule has 0 heterocycles. The molecule has 0 amide bonds. The van der Waals surface area contributed by atoms with Crippen molar-refractivity contribution in [2.45, 2.75) is 18.9 Å². The monoisotopic (exact) mass is 446 g/mol. The van der Waals surface area contributed by atoms with E-state index in [1.165, 1.54) is 12.1 Å². The Kier molecular flexibility index (Phi) is 6.49. The summed E-state index contributed by atoms with van der Waals surface area (Å²) in [6, 6.07) is 6.46. The van der Waals surface area contributed by atoms with Gasteiger partial charge in [-0.1, -0.05) is 29.3 Å². The van der Waals surface area contributed by atoms with E-state index in [0.717, 1.165) is 24.3 Å². The van der Waals surface area contributed by atoms with Crippen LogP contribution in [0.15, 0.2) is 36.4 Å². The third-order valence-corrected chi connectivity index (χ3v) is 4.22. The van der Waals surface area contributed by atoms with E-state index in [2.05, 4.69) is 10.6 Å². The second-order valence-corrected chi connectivity index (χ2v) is 6.53. The van der Waals surface area contributed by atoms with Gasteiger partial charge in [-0.15, -0.1) is 0 Å². The normalized spacial score (nSPS) is 12.0. The molecule has 0 atom stereocenters. The highest BCUT2D eigenvalue weighted by Crippen LogP contribution is 2.36. The lowest BCUT2D eigenvalue weighted by Crippen LogP contribution is -2.28. The summed E-state index contributed by atoms with van der Waals surface area (Å²) in [5.74, 6) is 0. The predicted octanol–water partition coefficient (Wildman–Crippen LogP) is 6.52. The highest BCUT2D eigenvalue weighted by molar-refractivity contribution is 7.80. The molecule has 0 aliphatic heterocycles. The lowest BCUT2D eigenvalue weighted by molar-refractivity contribution is -0.138. The van der Waals surface area contributed by atoms with Crippen molar-refractivity contribution < 1.29 is 26.3 Å². The third-order valence-electron chi connectivity index (χ3n) is 3.32. The van der Waals surface area contributed by atoms with E-state index in [1.54, 1.807) is 0 Å². The van der Waals surface area contributed by atoms with E-state index >= 15 is 0 Å². The zero-order valence-electron chi connectivity index (χ0n) is 13.1. The fraction of sp³-hybridized carbons (Fsp3) is 0.188. The Morgan fingerprint density at radius 2 is 1.37 bits per heavy atom. The summed E-state index contributed by atoms with van der Waals surface area (Å²) in [5, 5.41) is 4.16. The van der Waals surface area contributed by atoms with Crippen molar-refractivity contribution in [3.05, 3.63) is 63.1 Å². The number of benzene rings is 2. The predicted molar refractivity (Wildman–Crippen MR) is 96.0 cm³/mol. The number of alkyl halides is 6. The molecule has 27 heavy (non-hydrogen) atoms. The molecular weight excluding hydrogens is 437 g/mol. The van der Waals surface area contributed by atoms with Crippen LogP contribution in [0, 0.1) is 0 Å². The molecule has 0 unspecified atom stereocenters. The van der Waals surface area contributed by atoms with Crippen LogP contribution in [0.4, 0.5) is 32.0 Å². The topological polar surface area (TPSA) is 24.1 Å². The first-order valence-corrected chi connectivity index (χ1v) is 8.31. The average Bonchev–Trinajstić information content (AvgIpc) is 2.53. The van der Waals surface area contributed by atoms with Gasteiger partial charge >= 0.3 is 12.4 Å². The molecule has 0 aliphatic rings. The summed E-state index contributed by atoms with van der Waals surface area (Å²) in [7, 11) is 0. The molecule has 0 fully saturated rings. The fourth-order valence-electron chi connectivity index (χ4n) is 2.08. The smallest absolute Gasteiger partial charge is 0.358 e. The van der Waals surface area contributed by atoms with Gasteiger partial charge in [0.1, 0.15) is 0 Å². The first-order chi connectivity index (χ1) is 12.4. The van der Waals surface area contributed by atoms with Crippen molar-refractivity contribution in [1.29, 1.82) is 0 Å². The number of rotatable bonds is 3. The van der Waals surface area contributed by atoms with Crippen LogP contribution in [0.2, 0.25) is 10.0 Å². The molecule has 146 valence electrons. The number of halogens is 8. The fourth-order valence-corrected chi connectivity index (χ4v) is 2.72. The number of anilines is 1. The van der Waals surface area contributed by atoms with Crippen molar-refractivity contribution in [3.8, 4) is 0 Å². The van der Waals surface area contributed by atoms with E-state index < -0.39 is 33.5 Å². The number of thiocarbonyl (C=S) groups is 1.